The van der Waals surface area contributed by atoms with E-state index in [0.29, 0.717) is 67.7 Å². The van der Waals surface area contributed by atoms with Gasteiger partial charge in [0, 0.05) is 88.1 Å². The van der Waals surface area contributed by atoms with Gasteiger partial charge in [0.25, 0.3) is 10.2 Å². The maximum atomic E-state index is 14.2. The lowest BCUT2D eigenvalue weighted by Crippen LogP contribution is -2.56. The van der Waals surface area contributed by atoms with Gasteiger partial charge in [-0.2, -0.15) is 17.9 Å². The molecule has 17 heteroatoms. The van der Waals surface area contributed by atoms with Gasteiger partial charge in [-0.25, -0.2) is 0 Å². The van der Waals surface area contributed by atoms with Crippen molar-refractivity contribution >= 4 is 51.0 Å². The van der Waals surface area contributed by atoms with Crippen LogP contribution in [0.15, 0.2) is 72.8 Å². The maximum absolute atomic E-state index is 14.2. The predicted molar refractivity (Wildman–Crippen MR) is 231 cm³/mol. The fraction of sp³-hybridized carbons (Fsp3) is 0.465. The molecule has 9 rings (SSSR count). The number of hydrogen-bond donors (Lipinski definition) is 8. The normalized spacial score (nSPS) is 22.9. The zero-order valence-electron chi connectivity index (χ0n) is 34.0. The van der Waals surface area contributed by atoms with Crippen LogP contribution in [-0.2, 0) is 48.8 Å². The summed E-state index contributed by atoms with van der Waals surface area (Å²) in [6.07, 6.45) is 5.42. The van der Waals surface area contributed by atoms with Crippen molar-refractivity contribution in [1.82, 2.24) is 29.9 Å². The fourth-order valence-corrected chi connectivity index (χ4v) is 9.07. The molecule has 3 aromatic carbocycles. The van der Waals surface area contributed by atoms with Crippen molar-refractivity contribution < 1.29 is 27.6 Å². The Morgan fingerprint density at radius 2 is 1.25 bits per heavy atom. The molecule has 2 unspecified atom stereocenters. The number of amides is 4. The first-order valence-electron chi connectivity index (χ1n) is 20.9. The first-order valence-corrected chi connectivity index (χ1v) is 22.4. The SMILES string of the molecule is N=C(N)c1ccc(CNC(=O)C2Cc3ccc(cc3)NC(=O)CCN3CCN(CCC(=O)Nc4ccc(cc4)CCC(NS(=O)(=O)NC4CCCCC4)C(=O)N2)CC3)cc1. The van der Waals surface area contributed by atoms with Gasteiger partial charge in [-0.1, -0.05) is 67.8 Å². The van der Waals surface area contributed by atoms with Crippen LogP contribution < -0.4 is 36.4 Å². The summed E-state index contributed by atoms with van der Waals surface area (Å²) in [5.41, 5.74) is 9.66. The molecule has 1 saturated heterocycles. The third-order valence-corrected chi connectivity index (χ3v) is 12.6. The summed E-state index contributed by atoms with van der Waals surface area (Å²) in [7, 11) is -4.12. The summed E-state index contributed by atoms with van der Waals surface area (Å²) in [6.45, 7) is 4.60. The van der Waals surface area contributed by atoms with E-state index in [0.717, 1.165) is 56.6 Å². The Bertz CT molecular complexity index is 2050. The predicted octanol–water partition coefficient (Wildman–Crippen LogP) is 2.36. The smallest absolute Gasteiger partial charge is 0.277 e. The van der Waals surface area contributed by atoms with Crippen molar-refractivity contribution in [3.63, 3.8) is 0 Å². The van der Waals surface area contributed by atoms with Crippen molar-refractivity contribution in [2.45, 2.75) is 88.9 Å². The van der Waals surface area contributed by atoms with Crippen LogP contribution >= 0.6 is 0 Å². The molecule has 322 valence electrons. The topological polar surface area (TPSA) is 231 Å². The van der Waals surface area contributed by atoms with Crippen molar-refractivity contribution in [3.05, 3.63) is 95.1 Å². The monoisotopic (exact) mass is 842 g/mol. The molecule has 60 heavy (non-hydrogen) atoms. The number of piperazine rings is 1. The van der Waals surface area contributed by atoms with Crippen molar-refractivity contribution in [2.75, 3.05) is 49.9 Å². The molecule has 0 radical (unpaired) electrons. The number of aryl methyl sites for hydroxylation is 1. The van der Waals surface area contributed by atoms with Crippen LogP contribution in [0.3, 0.4) is 0 Å². The van der Waals surface area contributed by atoms with Crippen LogP contribution in [0.1, 0.15) is 73.6 Å². The summed E-state index contributed by atoms with van der Waals surface area (Å²) < 4.78 is 32.4. The van der Waals surface area contributed by atoms with Crippen LogP contribution in [0.25, 0.3) is 0 Å². The molecule has 5 aliphatic heterocycles. The van der Waals surface area contributed by atoms with E-state index in [1.807, 2.05) is 12.1 Å². The molecule has 5 heterocycles. The summed E-state index contributed by atoms with van der Waals surface area (Å²) in [4.78, 5) is 58.4. The molecule has 0 spiro atoms. The Kier molecular flexibility index (Phi) is 15.8. The number of hydrogen-bond acceptors (Lipinski definition) is 9. The molecule has 0 aromatic heterocycles. The first-order chi connectivity index (χ1) is 28.9. The van der Waals surface area contributed by atoms with E-state index in [9.17, 15) is 27.6 Å². The van der Waals surface area contributed by atoms with Crippen LogP contribution in [-0.4, -0.2) is 105 Å². The van der Waals surface area contributed by atoms with Gasteiger partial charge in [-0.15, -0.1) is 0 Å². The highest BCUT2D eigenvalue weighted by Crippen LogP contribution is 2.19. The lowest BCUT2D eigenvalue weighted by Gasteiger charge is -2.34. The molecule has 4 amide bonds. The minimum Gasteiger partial charge on any atom is -0.384 e. The van der Waals surface area contributed by atoms with Crippen LogP contribution in [0.2, 0.25) is 0 Å². The zero-order valence-corrected chi connectivity index (χ0v) is 34.8. The highest BCUT2D eigenvalue weighted by Gasteiger charge is 2.30. The number of amidine groups is 1. The Morgan fingerprint density at radius 3 is 1.80 bits per heavy atom. The van der Waals surface area contributed by atoms with E-state index >= 15 is 0 Å². The van der Waals surface area contributed by atoms with E-state index in [2.05, 4.69) is 40.5 Å². The number of benzene rings is 3. The number of fused-ring (bicyclic) bond motifs is 3. The second kappa shape index (κ2) is 21.4. The Hall–Kier alpha value is -5.20. The van der Waals surface area contributed by atoms with E-state index in [1.54, 1.807) is 60.7 Å². The Balaban J connectivity index is 1.23. The first kappa shape index (κ1) is 44.4. The van der Waals surface area contributed by atoms with Crippen molar-refractivity contribution in [3.8, 4) is 0 Å². The molecule has 3 aromatic rings. The van der Waals surface area contributed by atoms with Crippen LogP contribution in [0.5, 0.6) is 0 Å². The minimum absolute atomic E-state index is 0.0759. The number of carbonyl (C=O) groups excluding carboxylic acids is 4. The molecule has 1 aliphatic carbocycles. The summed E-state index contributed by atoms with van der Waals surface area (Å²) >= 11 is 0. The molecular formula is C43H58N10O6S. The summed E-state index contributed by atoms with van der Waals surface area (Å²) in [5.74, 6) is -1.46. The second-order valence-electron chi connectivity index (χ2n) is 15.9. The van der Waals surface area contributed by atoms with E-state index in [-0.39, 0.29) is 43.1 Å². The zero-order chi connectivity index (χ0) is 42.5. The van der Waals surface area contributed by atoms with Crippen molar-refractivity contribution in [2.24, 2.45) is 5.73 Å². The maximum Gasteiger partial charge on any atom is 0.277 e. The number of carbonyl (C=O) groups is 4. The van der Waals surface area contributed by atoms with Gasteiger partial charge in [-0.3, -0.25) is 24.6 Å². The highest BCUT2D eigenvalue weighted by atomic mass is 32.2. The average molecular weight is 843 g/mol. The van der Waals surface area contributed by atoms with Gasteiger partial charge in [0.05, 0.1) is 0 Å². The third kappa shape index (κ3) is 13.9. The minimum atomic E-state index is -4.12. The van der Waals surface area contributed by atoms with Crippen LogP contribution in [0.4, 0.5) is 11.4 Å². The van der Waals surface area contributed by atoms with E-state index in [4.69, 9.17) is 11.1 Å². The van der Waals surface area contributed by atoms with Gasteiger partial charge < -0.3 is 36.8 Å². The number of anilines is 2. The lowest BCUT2D eigenvalue weighted by atomic mass is 9.96. The van der Waals surface area contributed by atoms with Gasteiger partial charge in [0.2, 0.25) is 23.6 Å². The number of nitrogens with one attached hydrogen (secondary N) is 7. The van der Waals surface area contributed by atoms with Gasteiger partial charge in [0.1, 0.15) is 17.9 Å². The third-order valence-electron chi connectivity index (χ3n) is 11.3. The number of nitrogens with two attached hydrogens (primary N) is 1. The fourth-order valence-electron chi connectivity index (χ4n) is 7.73. The molecule has 9 N–H and O–H groups in total. The number of rotatable bonds is 8. The number of nitrogens with zero attached hydrogens (tertiary/aromatic N) is 2. The standard InChI is InChI=1S/C43H58N10O6S/c44-41(45)33-13-6-32(7-14-33)29-46-42(56)38-28-31-10-17-35(18-11-31)48-40(55)21-23-53-26-24-52(25-27-53)22-20-39(54)47-34-15-8-30(9-16-34)12-19-37(43(57)49-38)51-60(58,59)50-36-4-2-1-3-5-36/h6-11,13-18,36-38,50-51H,1-5,12,19-29H2,(H3,44,45)(H,46,56)(H,47,54)(H,48,55)(H,49,57). The van der Waals surface area contributed by atoms with Gasteiger partial charge in [-0.05, 0) is 66.6 Å². The Labute approximate surface area is 352 Å². The quantitative estimate of drug-likeness (QED) is 0.123. The molecular weight excluding hydrogens is 785 g/mol. The molecule has 1 saturated carbocycles. The molecule has 16 nitrogen and oxygen atoms in total. The molecule has 2 atom stereocenters. The van der Waals surface area contributed by atoms with Gasteiger partial charge >= 0.3 is 0 Å². The largest absolute Gasteiger partial charge is 0.384 e. The van der Waals surface area contributed by atoms with Crippen LogP contribution in [0, 0.1) is 5.41 Å². The number of nitrogen functional groups attached to an aromatic ring is 1. The summed E-state index contributed by atoms with van der Waals surface area (Å²) in [5, 5.41) is 19.3. The average Bonchev–Trinajstić information content (AvgIpc) is 3.24. The van der Waals surface area contributed by atoms with Crippen molar-refractivity contribution in [1.29, 1.82) is 5.41 Å². The van der Waals surface area contributed by atoms with E-state index in [1.165, 1.54) is 0 Å². The lowest BCUT2D eigenvalue weighted by molar-refractivity contribution is -0.130. The molecule has 6 aliphatic rings. The molecule has 6 bridgehead atoms. The molecule has 2 fully saturated rings. The van der Waals surface area contributed by atoms with Gasteiger partial charge in [0.15, 0.2) is 0 Å². The highest BCUT2D eigenvalue weighted by molar-refractivity contribution is 7.87. The van der Waals surface area contributed by atoms with E-state index < -0.39 is 34.1 Å². The Morgan fingerprint density at radius 1 is 0.700 bits per heavy atom. The second-order valence-corrected chi connectivity index (χ2v) is 17.4. The summed E-state index contributed by atoms with van der Waals surface area (Å²) in [6, 6.07) is 18.6.